The molecule has 0 aliphatic carbocycles. The number of aryl methyl sites for hydroxylation is 2. The van der Waals surface area contributed by atoms with Crippen LogP contribution in [0.3, 0.4) is 0 Å². The molecule has 1 N–H and O–H groups in total. The first-order chi connectivity index (χ1) is 12.0. The van der Waals surface area contributed by atoms with E-state index in [2.05, 4.69) is 5.32 Å². The normalized spacial score (nSPS) is 10.8. The van der Waals surface area contributed by atoms with Crippen LogP contribution in [-0.2, 0) is 11.3 Å². The summed E-state index contributed by atoms with van der Waals surface area (Å²) in [5, 5.41) is 13.3. The fraction of sp³-hybridized carbons (Fsp3) is 0.222. The highest BCUT2D eigenvalue weighted by Gasteiger charge is 2.03. The average Bonchev–Trinajstić information content (AvgIpc) is 2.58. The molecule has 2 aromatic rings. The predicted molar refractivity (Wildman–Crippen MR) is 95.2 cm³/mol. The molecule has 0 aliphatic heterocycles. The number of non-ortho nitro benzene ring substituents is 1. The third-order valence-electron chi connectivity index (χ3n) is 3.56. The third-order valence-corrected chi connectivity index (χ3v) is 3.56. The maximum atomic E-state index is 11.7. The molecule has 7 heteroatoms. The van der Waals surface area contributed by atoms with Gasteiger partial charge in [0.25, 0.3) is 11.2 Å². The lowest BCUT2D eigenvalue weighted by Gasteiger charge is -2.06. The molecular formula is C18H19N3O4. The highest BCUT2D eigenvalue weighted by Crippen LogP contribution is 2.12. The molecule has 0 saturated carbocycles. The Morgan fingerprint density at radius 1 is 1.28 bits per heavy atom. The number of hydrogen-bond acceptors (Lipinski definition) is 4. The molecule has 0 radical (unpaired) electrons. The largest absolute Gasteiger partial charge is 0.352 e. The number of nitrogens with zero attached hydrogens (tertiary/aromatic N) is 2. The Morgan fingerprint density at radius 3 is 2.64 bits per heavy atom. The van der Waals surface area contributed by atoms with E-state index in [-0.39, 0.29) is 17.2 Å². The molecule has 1 aromatic heterocycles. The molecule has 0 bridgehead atoms. The summed E-state index contributed by atoms with van der Waals surface area (Å²) in [4.78, 5) is 33.6. The summed E-state index contributed by atoms with van der Waals surface area (Å²) in [6.45, 7) is 2.85. The number of nitro benzene ring substituents is 1. The molecule has 130 valence electrons. The Balaban J connectivity index is 1.76. The number of hydrogen-bond donors (Lipinski definition) is 1. The maximum Gasteiger partial charge on any atom is 0.269 e. The first kappa shape index (κ1) is 18.1. The predicted octanol–water partition coefficient (Wildman–Crippen LogP) is 2.28. The Hall–Kier alpha value is -3.22. The average molecular weight is 341 g/mol. The van der Waals surface area contributed by atoms with Gasteiger partial charge in [-0.2, -0.15) is 0 Å². The molecule has 0 spiro atoms. The standard InChI is InChI=1S/C18H19N3O4/c1-14-9-12-20(18(23)13-14)11-2-10-19-17(22)8-5-15-3-6-16(7-4-15)21(24)25/h3-9,12-13H,2,10-11H2,1H3,(H,19,22)/b8-5+. The summed E-state index contributed by atoms with van der Waals surface area (Å²) in [5.41, 5.74) is 1.58. The van der Waals surface area contributed by atoms with Gasteiger partial charge in [-0.15, -0.1) is 0 Å². The van der Waals surface area contributed by atoms with E-state index in [9.17, 15) is 19.7 Å². The fourth-order valence-electron chi connectivity index (χ4n) is 2.19. The van der Waals surface area contributed by atoms with Crippen molar-refractivity contribution < 1.29 is 9.72 Å². The lowest BCUT2D eigenvalue weighted by molar-refractivity contribution is -0.384. The molecule has 25 heavy (non-hydrogen) atoms. The van der Waals surface area contributed by atoms with Crippen LogP contribution in [0.5, 0.6) is 0 Å². The van der Waals surface area contributed by atoms with Crippen molar-refractivity contribution in [2.45, 2.75) is 19.9 Å². The number of nitro groups is 1. The summed E-state index contributed by atoms with van der Waals surface area (Å²) < 4.78 is 1.60. The van der Waals surface area contributed by atoms with Crippen LogP contribution < -0.4 is 10.9 Å². The highest BCUT2D eigenvalue weighted by molar-refractivity contribution is 5.91. The molecule has 0 atom stereocenters. The van der Waals surface area contributed by atoms with Gasteiger partial charge in [0, 0.05) is 43.6 Å². The van der Waals surface area contributed by atoms with E-state index in [0.717, 1.165) is 5.56 Å². The van der Waals surface area contributed by atoms with Crippen LogP contribution in [0.15, 0.2) is 53.5 Å². The summed E-state index contributed by atoms with van der Waals surface area (Å²) in [5.74, 6) is -0.255. The molecule has 0 fully saturated rings. The molecule has 1 heterocycles. The van der Waals surface area contributed by atoms with Gasteiger partial charge in [-0.1, -0.05) is 0 Å². The van der Waals surface area contributed by atoms with Gasteiger partial charge in [0.15, 0.2) is 0 Å². The van der Waals surface area contributed by atoms with Gasteiger partial charge in [0.2, 0.25) is 5.91 Å². The van der Waals surface area contributed by atoms with E-state index in [1.54, 1.807) is 35.0 Å². The minimum absolute atomic E-state index is 0.00736. The summed E-state index contributed by atoms with van der Waals surface area (Å²) in [6, 6.07) is 9.36. The zero-order chi connectivity index (χ0) is 18.2. The van der Waals surface area contributed by atoms with Crippen LogP contribution in [0.25, 0.3) is 6.08 Å². The molecule has 0 saturated heterocycles. The zero-order valence-electron chi connectivity index (χ0n) is 13.8. The molecular weight excluding hydrogens is 322 g/mol. The SMILES string of the molecule is Cc1ccn(CCCNC(=O)/C=C/c2ccc([N+](=O)[O-])cc2)c(=O)c1. The van der Waals surface area contributed by atoms with Crippen molar-refractivity contribution >= 4 is 17.7 Å². The number of pyridine rings is 1. The van der Waals surface area contributed by atoms with Crippen LogP contribution in [-0.4, -0.2) is 21.9 Å². The van der Waals surface area contributed by atoms with Gasteiger partial charge < -0.3 is 9.88 Å². The molecule has 2 rings (SSSR count). The molecule has 1 aromatic carbocycles. The van der Waals surface area contributed by atoms with Gasteiger partial charge in [-0.3, -0.25) is 19.7 Å². The maximum absolute atomic E-state index is 11.7. The molecule has 1 amide bonds. The van der Waals surface area contributed by atoms with Gasteiger partial charge in [-0.05, 0) is 48.7 Å². The number of nitrogens with one attached hydrogen (secondary N) is 1. The Labute approximate surface area is 144 Å². The summed E-state index contributed by atoms with van der Waals surface area (Å²) >= 11 is 0. The number of amides is 1. The Bertz CT molecular complexity index is 838. The van der Waals surface area contributed by atoms with Gasteiger partial charge in [-0.25, -0.2) is 0 Å². The Morgan fingerprint density at radius 2 is 2.00 bits per heavy atom. The third kappa shape index (κ3) is 5.72. The van der Waals surface area contributed by atoms with E-state index in [4.69, 9.17) is 0 Å². The number of carbonyl (C=O) groups excluding carboxylic acids is 1. The first-order valence-corrected chi connectivity index (χ1v) is 7.83. The second-order valence-electron chi connectivity index (χ2n) is 5.56. The molecule has 7 nitrogen and oxygen atoms in total. The molecule has 0 aliphatic rings. The van der Waals surface area contributed by atoms with Crippen molar-refractivity contribution in [3.63, 3.8) is 0 Å². The van der Waals surface area contributed by atoms with Crippen molar-refractivity contribution in [1.29, 1.82) is 0 Å². The number of aromatic nitrogens is 1. The number of carbonyl (C=O) groups is 1. The van der Waals surface area contributed by atoms with Gasteiger partial charge in [0.1, 0.15) is 0 Å². The first-order valence-electron chi connectivity index (χ1n) is 7.83. The highest BCUT2D eigenvalue weighted by atomic mass is 16.6. The quantitative estimate of drug-likeness (QED) is 0.362. The summed E-state index contributed by atoms with van der Waals surface area (Å²) in [7, 11) is 0. The van der Waals surface area contributed by atoms with Crippen LogP contribution in [0.4, 0.5) is 5.69 Å². The lowest BCUT2D eigenvalue weighted by Crippen LogP contribution is -2.25. The van der Waals surface area contributed by atoms with E-state index < -0.39 is 4.92 Å². The fourth-order valence-corrected chi connectivity index (χ4v) is 2.19. The zero-order valence-corrected chi connectivity index (χ0v) is 13.8. The van der Waals surface area contributed by atoms with Crippen molar-refractivity contribution in [3.05, 3.63) is 80.3 Å². The summed E-state index contributed by atoms with van der Waals surface area (Å²) in [6.07, 6.45) is 5.34. The van der Waals surface area contributed by atoms with Crippen molar-refractivity contribution in [2.75, 3.05) is 6.54 Å². The number of benzene rings is 1. The Kier molecular flexibility index (Phi) is 6.22. The minimum atomic E-state index is -0.473. The van der Waals surface area contributed by atoms with E-state index in [1.807, 2.05) is 13.0 Å². The topological polar surface area (TPSA) is 94.2 Å². The van der Waals surface area contributed by atoms with Crippen LogP contribution in [0.2, 0.25) is 0 Å². The minimum Gasteiger partial charge on any atom is -0.352 e. The smallest absolute Gasteiger partial charge is 0.269 e. The van der Waals surface area contributed by atoms with E-state index in [1.165, 1.54) is 18.2 Å². The van der Waals surface area contributed by atoms with Crippen LogP contribution in [0, 0.1) is 17.0 Å². The second-order valence-corrected chi connectivity index (χ2v) is 5.56. The van der Waals surface area contributed by atoms with Crippen LogP contribution >= 0.6 is 0 Å². The van der Waals surface area contributed by atoms with E-state index >= 15 is 0 Å². The van der Waals surface area contributed by atoms with Crippen molar-refractivity contribution in [1.82, 2.24) is 9.88 Å². The van der Waals surface area contributed by atoms with Gasteiger partial charge >= 0.3 is 0 Å². The molecule has 0 unspecified atom stereocenters. The number of rotatable bonds is 7. The van der Waals surface area contributed by atoms with Gasteiger partial charge in [0.05, 0.1) is 4.92 Å². The van der Waals surface area contributed by atoms with E-state index in [0.29, 0.717) is 25.1 Å². The van der Waals surface area contributed by atoms with Crippen molar-refractivity contribution in [2.24, 2.45) is 0 Å². The lowest BCUT2D eigenvalue weighted by atomic mass is 10.2. The van der Waals surface area contributed by atoms with Crippen molar-refractivity contribution in [3.8, 4) is 0 Å². The van der Waals surface area contributed by atoms with Crippen LogP contribution in [0.1, 0.15) is 17.5 Å². The monoisotopic (exact) mass is 341 g/mol. The second kappa shape index (κ2) is 8.58.